The molecule has 0 amide bonds. The Labute approximate surface area is 151 Å². The van der Waals surface area contributed by atoms with Gasteiger partial charge in [-0.15, -0.1) is 0 Å². The van der Waals surface area contributed by atoms with Crippen molar-refractivity contribution in [1.82, 2.24) is 9.97 Å². The summed E-state index contributed by atoms with van der Waals surface area (Å²) in [6, 6.07) is 5.80. The summed E-state index contributed by atoms with van der Waals surface area (Å²) in [4.78, 5) is 19.9. The molecule has 0 bridgehead atoms. The molecule has 0 spiro atoms. The molecule has 1 aromatic carbocycles. The summed E-state index contributed by atoms with van der Waals surface area (Å²) in [5.41, 5.74) is 1.74. The van der Waals surface area contributed by atoms with Gasteiger partial charge in [0.25, 0.3) is 5.56 Å². The van der Waals surface area contributed by atoms with Gasteiger partial charge < -0.3 is 15.4 Å². The van der Waals surface area contributed by atoms with Crippen LogP contribution in [0.15, 0.2) is 23.0 Å². The third kappa shape index (κ3) is 4.36. The van der Waals surface area contributed by atoms with Crippen molar-refractivity contribution < 1.29 is 5.11 Å². The predicted molar refractivity (Wildman–Crippen MR) is 103 cm³/mol. The number of aromatic amines is 1. The summed E-state index contributed by atoms with van der Waals surface area (Å²) in [6.45, 7) is 1.00. The molecule has 1 aromatic heterocycles. The zero-order chi connectivity index (χ0) is 17.2. The fourth-order valence-electron chi connectivity index (χ4n) is 3.36. The van der Waals surface area contributed by atoms with Gasteiger partial charge in [0.15, 0.2) is 0 Å². The lowest BCUT2D eigenvalue weighted by atomic mass is 9.97. The number of rotatable bonds is 6. The summed E-state index contributed by atoms with van der Waals surface area (Å²) in [5, 5.41) is 14.2. The van der Waals surface area contributed by atoms with Crippen LogP contribution in [0.2, 0.25) is 0 Å². The van der Waals surface area contributed by atoms with Crippen LogP contribution < -0.4 is 10.9 Å². The third-order valence-electron chi connectivity index (χ3n) is 5.15. The van der Waals surface area contributed by atoms with Gasteiger partial charge in [-0.3, -0.25) is 4.79 Å². The van der Waals surface area contributed by atoms with Gasteiger partial charge in [-0.05, 0) is 62.6 Å². The molecule has 4 rings (SSSR count). The number of hydrogen-bond acceptors (Lipinski definition) is 5. The van der Waals surface area contributed by atoms with Crippen LogP contribution in [0, 0.1) is 5.92 Å². The summed E-state index contributed by atoms with van der Waals surface area (Å²) in [7, 11) is 0. The van der Waals surface area contributed by atoms with Crippen molar-refractivity contribution in [2.75, 3.05) is 11.9 Å². The Morgan fingerprint density at radius 3 is 2.76 bits per heavy atom. The fourth-order valence-corrected chi connectivity index (χ4v) is 4.49. The zero-order valence-corrected chi connectivity index (χ0v) is 15.1. The van der Waals surface area contributed by atoms with Crippen molar-refractivity contribution in [3.63, 3.8) is 0 Å². The van der Waals surface area contributed by atoms with E-state index in [0.29, 0.717) is 16.4 Å². The molecule has 5 nitrogen and oxygen atoms in total. The first-order chi connectivity index (χ1) is 12.2. The number of benzene rings is 1. The van der Waals surface area contributed by atoms with Crippen LogP contribution in [-0.4, -0.2) is 33.0 Å². The van der Waals surface area contributed by atoms with Gasteiger partial charge in [0.1, 0.15) is 5.82 Å². The highest BCUT2D eigenvalue weighted by Gasteiger charge is 2.21. The van der Waals surface area contributed by atoms with Crippen LogP contribution >= 0.6 is 11.8 Å². The van der Waals surface area contributed by atoms with E-state index < -0.39 is 0 Å². The highest BCUT2D eigenvalue weighted by atomic mass is 32.2. The molecule has 2 aliphatic carbocycles. The van der Waals surface area contributed by atoms with E-state index in [9.17, 15) is 9.90 Å². The first-order valence-electron chi connectivity index (χ1n) is 9.24. The van der Waals surface area contributed by atoms with Crippen molar-refractivity contribution in [2.45, 2.75) is 55.6 Å². The maximum Gasteiger partial charge on any atom is 0.258 e. The van der Waals surface area contributed by atoms with Gasteiger partial charge in [-0.2, -0.15) is 11.8 Å². The van der Waals surface area contributed by atoms with Gasteiger partial charge in [0.2, 0.25) is 0 Å². The van der Waals surface area contributed by atoms with Crippen molar-refractivity contribution >= 4 is 28.4 Å². The fraction of sp³-hybridized carbons (Fsp3) is 0.579. The number of nitrogens with zero attached hydrogens (tertiary/aromatic N) is 1. The number of thioether (sulfide) groups is 1. The van der Waals surface area contributed by atoms with Crippen LogP contribution in [-0.2, 0) is 5.75 Å². The average Bonchev–Trinajstić information content (AvgIpc) is 3.44. The predicted octanol–water partition coefficient (Wildman–Crippen LogP) is 3.28. The number of hydrogen-bond donors (Lipinski definition) is 3. The van der Waals surface area contributed by atoms with E-state index in [4.69, 9.17) is 0 Å². The smallest absolute Gasteiger partial charge is 0.258 e. The first-order valence-corrected chi connectivity index (χ1v) is 10.3. The van der Waals surface area contributed by atoms with Gasteiger partial charge >= 0.3 is 0 Å². The Balaban J connectivity index is 1.45. The molecule has 3 N–H and O–H groups in total. The highest BCUT2D eigenvalue weighted by molar-refractivity contribution is 7.99. The molecule has 6 heteroatoms. The Bertz CT molecular complexity index is 795. The molecule has 134 valence electrons. The maximum absolute atomic E-state index is 12.3. The molecule has 1 heterocycles. The van der Waals surface area contributed by atoms with Crippen molar-refractivity contribution in [1.29, 1.82) is 0 Å². The van der Waals surface area contributed by atoms with Crippen LogP contribution in [0.5, 0.6) is 0 Å². The second kappa shape index (κ2) is 7.38. The maximum atomic E-state index is 12.3. The van der Waals surface area contributed by atoms with Gasteiger partial charge in [-0.25, -0.2) is 4.98 Å². The summed E-state index contributed by atoms with van der Waals surface area (Å²) >= 11 is 1.84. The number of H-pyrrole nitrogens is 1. The van der Waals surface area contributed by atoms with E-state index in [2.05, 4.69) is 15.3 Å². The number of anilines is 1. The topological polar surface area (TPSA) is 78.0 Å². The molecule has 2 aliphatic rings. The van der Waals surface area contributed by atoms with E-state index in [1.807, 2.05) is 30.0 Å². The average molecular weight is 359 g/mol. The van der Waals surface area contributed by atoms with Crippen LogP contribution in [0.25, 0.3) is 10.9 Å². The normalized spacial score (nSPS) is 23.7. The third-order valence-corrected chi connectivity index (χ3v) is 6.53. The Hall–Kier alpha value is -1.53. The van der Waals surface area contributed by atoms with E-state index in [1.54, 1.807) is 0 Å². The lowest BCUT2D eigenvalue weighted by Crippen LogP contribution is -2.20. The minimum Gasteiger partial charge on any atom is -0.393 e. The monoisotopic (exact) mass is 359 g/mol. The number of aromatic nitrogens is 2. The Morgan fingerprint density at radius 1 is 1.20 bits per heavy atom. The molecule has 0 atom stereocenters. The number of aliphatic hydroxyl groups is 1. The molecule has 2 fully saturated rings. The van der Waals surface area contributed by atoms with E-state index in [0.717, 1.165) is 55.2 Å². The molecule has 0 radical (unpaired) electrons. The summed E-state index contributed by atoms with van der Waals surface area (Å²) < 4.78 is 0. The molecule has 0 saturated heterocycles. The van der Waals surface area contributed by atoms with Gasteiger partial charge in [0, 0.05) is 17.5 Å². The second-order valence-electron chi connectivity index (χ2n) is 7.31. The van der Waals surface area contributed by atoms with Crippen LogP contribution in [0.3, 0.4) is 0 Å². The minimum atomic E-state index is -0.128. The molecule has 0 aliphatic heterocycles. The van der Waals surface area contributed by atoms with Gasteiger partial charge in [0.05, 0.1) is 22.8 Å². The standard InChI is InChI=1S/C19H25N3O2S/c23-14-4-6-15(7-5-14)25-11-18-21-17-9-13(20-10-12-1-2-12)3-8-16(17)19(24)22-18/h3,8-9,12,14-15,20,23H,1-2,4-7,10-11H2,(H,21,22,24)/t14-,15-. The summed E-state index contributed by atoms with van der Waals surface area (Å²) in [6.07, 6.45) is 6.36. The lowest BCUT2D eigenvalue weighted by molar-refractivity contribution is 0.132. The second-order valence-corrected chi connectivity index (χ2v) is 8.60. The number of fused-ring (bicyclic) bond motifs is 1. The first kappa shape index (κ1) is 16.9. The van der Waals surface area contributed by atoms with Crippen molar-refractivity contribution in [3.8, 4) is 0 Å². The van der Waals surface area contributed by atoms with Crippen LogP contribution in [0.1, 0.15) is 44.3 Å². The molecule has 2 saturated carbocycles. The molecular weight excluding hydrogens is 334 g/mol. The van der Waals surface area contributed by atoms with E-state index in [-0.39, 0.29) is 11.7 Å². The number of aliphatic hydroxyl groups excluding tert-OH is 1. The SMILES string of the molecule is O=c1[nH]c(CS[C@H]2CC[C@H](O)CC2)nc2cc(NCC3CC3)ccc12. The van der Waals surface area contributed by atoms with E-state index >= 15 is 0 Å². The molecule has 25 heavy (non-hydrogen) atoms. The molecule has 2 aromatic rings. The Kier molecular flexibility index (Phi) is 4.99. The summed E-state index contributed by atoms with van der Waals surface area (Å²) in [5.74, 6) is 2.27. The highest BCUT2D eigenvalue weighted by Crippen LogP contribution is 2.31. The quantitative estimate of drug-likeness (QED) is 0.738. The van der Waals surface area contributed by atoms with Gasteiger partial charge in [-0.1, -0.05) is 0 Å². The van der Waals surface area contributed by atoms with E-state index in [1.165, 1.54) is 12.8 Å². The number of nitrogens with one attached hydrogen (secondary N) is 2. The van der Waals surface area contributed by atoms with Crippen LogP contribution in [0.4, 0.5) is 5.69 Å². The van der Waals surface area contributed by atoms with Crippen molar-refractivity contribution in [2.24, 2.45) is 5.92 Å². The molecule has 0 unspecified atom stereocenters. The minimum absolute atomic E-state index is 0.0617. The Morgan fingerprint density at radius 2 is 2.00 bits per heavy atom. The zero-order valence-electron chi connectivity index (χ0n) is 14.3. The molecular formula is C19H25N3O2S. The largest absolute Gasteiger partial charge is 0.393 e. The lowest BCUT2D eigenvalue weighted by Gasteiger charge is -2.24. The van der Waals surface area contributed by atoms with Crippen molar-refractivity contribution in [3.05, 3.63) is 34.4 Å².